The number of esters is 7. The number of ether oxygens (including phenoxy) is 14. The molecule has 1 N–H and O–H groups in total. The topological polar surface area (TPSA) is 269 Å². The van der Waals surface area contributed by atoms with Crippen LogP contribution in [0.1, 0.15) is 273 Å². The molecule has 0 heterocycles. The van der Waals surface area contributed by atoms with Crippen molar-refractivity contribution in [3.63, 3.8) is 0 Å². The number of rotatable bonds is 27. The highest BCUT2D eigenvalue weighted by molar-refractivity contribution is 5.98. The van der Waals surface area contributed by atoms with E-state index in [1.165, 1.54) is 66.7 Å². The fraction of sp³-hybridized carbons (Fsp3) is 0.464. The molecule has 1 atom stereocenters. The van der Waals surface area contributed by atoms with Gasteiger partial charge in [0.1, 0.15) is 113 Å². The Morgan fingerprint density at radius 2 is 0.462 bits per heavy atom. The number of aliphatic hydroxyl groups excluding tert-OH is 1. The third-order valence-electron chi connectivity index (χ3n) is 13.4. The SMILES string of the molecule is CC(C)(C)OC(=O)c1cc(OCc2cc(COc3cc(C(=O)OC(C)(C)C)cc(C(=O)OC(C)(C)C)c3)cc(OC/C=C\COc3cc(COc4cc(C(=O)OC(C)(C)C)cc(C(=O)OC(C)(C)C)c4)cc(COc4cc(C(=O)OC(C)(C)C)cc(C(O)OC(C)(C)C)c4)c3)c2)cc(C(=O)OC(C)(C)C)c1. The van der Waals surface area contributed by atoms with Crippen molar-refractivity contribution in [1.82, 2.24) is 0 Å². The molecule has 0 aliphatic carbocycles. The fourth-order valence-corrected chi connectivity index (χ4v) is 9.53. The van der Waals surface area contributed by atoms with Gasteiger partial charge in [0.15, 0.2) is 6.29 Å². The quantitative estimate of drug-likeness (QED) is 0.0217. The van der Waals surface area contributed by atoms with Gasteiger partial charge in [-0.15, -0.1) is 0 Å². The van der Waals surface area contributed by atoms with Crippen LogP contribution in [0, 0.1) is 0 Å². The van der Waals surface area contributed by atoms with Gasteiger partial charge in [-0.2, -0.15) is 0 Å². The highest BCUT2D eigenvalue weighted by Crippen LogP contribution is 2.33. The lowest BCUT2D eigenvalue weighted by Gasteiger charge is -2.25. The highest BCUT2D eigenvalue weighted by Gasteiger charge is 2.29. The summed E-state index contributed by atoms with van der Waals surface area (Å²) < 4.78 is 83.8. The normalized spacial score (nSPS) is 12.7. The molecule has 0 saturated heterocycles. The van der Waals surface area contributed by atoms with E-state index in [9.17, 15) is 38.7 Å². The summed E-state index contributed by atoms with van der Waals surface area (Å²) >= 11 is 0. The lowest BCUT2D eigenvalue weighted by molar-refractivity contribution is -0.169. The molecule has 574 valence electrons. The molecular weight excluding hydrogens is 1360 g/mol. The van der Waals surface area contributed by atoms with Gasteiger partial charge in [-0.3, -0.25) is 0 Å². The first kappa shape index (κ1) is 85.0. The van der Waals surface area contributed by atoms with Gasteiger partial charge in [-0.05, 0) is 310 Å². The summed E-state index contributed by atoms with van der Waals surface area (Å²) in [7, 11) is 0. The third-order valence-corrected chi connectivity index (χ3v) is 13.4. The second-order valence-electron chi connectivity index (χ2n) is 33.3. The Bertz CT molecular complexity index is 3890. The molecule has 106 heavy (non-hydrogen) atoms. The molecule has 0 radical (unpaired) electrons. The van der Waals surface area contributed by atoms with Gasteiger partial charge < -0.3 is 71.4 Å². The zero-order valence-electron chi connectivity index (χ0n) is 65.9. The van der Waals surface area contributed by atoms with Crippen LogP contribution >= 0.6 is 0 Å². The maximum absolute atomic E-state index is 13.5. The highest BCUT2D eigenvalue weighted by atomic mass is 16.6. The molecule has 0 saturated carbocycles. The van der Waals surface area contributed by atoms with Crippen molar-refractivity contribution in [3.8, 4) is 34.5 Å². The molecule has 0 amide bonds. The minimum atomic E-state index is -1.44. The first-order chi connectivity index (χ1) is 48.7. The first-order valence-corrected chi connectivity index (χ1v) is 34.9. The van der Waals surface area contributed by atoms with Gasteiger partial charge >= 0.3 is 41.8 Å². The van der Waals surface area contributed by atoms with Gasteiger partial charge in [0.05, 0.1) is 44.5 Å². The number of hydrogen-bond donors (Lipinski definition) is 1. The van der Waals surface area contributed by atoms with E-state index in [0.717, 1.165) is 0 Å². The van der Waals surface area contributed by atoms with Crippen LogP contribution in [0.25, 0.3) is 0 Å². The van der Waals surface area contributed by atoms with Crippen LogP contribution in [0.2, 0.25) is 0 Å². The van der Waals surface area contributed by atoms with E-state index < -0.39 is 92.9 Å². The Balaban J connectivity index is 1.34. The number of hydrogen-bond acceptors (Lipinski definition) is 22. The Kier molecular flexibility index (Phi) is 27.7. The second-order valence-corrected chi connectivity index (χ2v) is 33.3. The van der Waals surface area contributed by atoms with Gasteiger partial charge in [0.2, 0.25) is 0 Å². The summed E-state index contributed by atoms with van der Waals surface area (Å²) in [6.45, 7) is 41.3. The molecule has 6 aromatic carbocycles. The first-order valence-electron chi connectivity index (χ1n) is 34.9. The molecule has 0 fully saturated rings. The summed E-state index contributed by atoms with van der Waals surface area (Å²) in [6.07, 6.45) is 2.05. The van der Waals surface area contributed by atoms with Crippen molar-refractivity contribution in [1.29, 1.82) is 0 Å². The van der Waals surface area contributed by atoms with E-state index in [1.807, 2.05) is 6.07 Å². The van der Waals surface area contributed by atoms with Crippen molar-refractivity contribution in [3.05, 3.63) is 188 Å². The van der Waals surface area contributed by atoms with E-state index in [1.54, 1.807) is 215 Å². The van der Waals surface area contributed by atoms with Crippen LogP contribution < -0.4 is 28.4 Å². The molecule has 0 spiro atoms. The standard InChI is InChI=1S/C84H106O22/c1-77(2,3)99-69(85)55-35-56(70(86)100-78(4,5)6)40-65(39-55)95-47-51-29-52(48-96-66-41-57(71(87)101-79(7,8)9)36-58(42-66)72(88)102-80(10,11)12)32-63(31-51)93-27-25-26-28-94-64-33-53(49-97-67-43-59(73(89)103-81(13,14)15)37-60(44-67)74(90)104-82(16,17)18)30-54(34-64)50-98-68-45-61(75(91)105-83(19,20)21)38-62(46-68)76(92)106-84(22,23)24/h25-26,29-46,69,85H,27-28,47-50H2,1-24H3/b26-25-. The maximum atomic E-state index is 13.5. The summed E-state index contributed by atoms with van der Waals surface area (Å²) in [6, 6.07) is 28.2. The Morgan fingerprint density at radius 1 is 0.264 bits per heavy atom. The molecule has 22 heteroatoms. The second kappa shape index (κ2) is 34.5. The fourth-order valence-electron chi connectivity index (χ4n) is 9.53. The number of carbonyl (C=O) groups excluding carboxylic acids is 7. The van der Waals surface area contributed by atoms with Crippen molar-refractivity contribution in [2.24, 2.45) is 0 Å². The van der Waals surface area contributed by atoms with Gasteiger partial charge in [-0.1, -0.05) is 0 Å². The van der Waals surface area contributed by atoms with Crippen molar-refractivity contribution in [2.45, 2.75) is 244 Å². The van der Waals surface area contributed by atoms with Gasteiger partial charge in [-0.25, -0.2) is 33.6 Å². The van der Waals surface area contributed by atoms with Crippen LogP contribution in [0.4, 0.5) is 0 Å². The molecule has 6 rings (SSSR count). The van der Waals surface area contributed by atoms with Crippen LogP contribution in [0.3, 0.4) is 0 Å². The van der Waals surface area contributed by atoms with Crippen molar-refractivity contribution >= 4 is 41.8 Å². The van der Waals surface area contributed by atoms with E-state index >= 15 is 0 Å². The maximum Gasteiger partial charge on any atom is 0.338 e. The van der Waals surface area contributed by atoms with Crippen LogP contribution in [0.15, 0.2) is 121 Å². The van der Waals surface area contributed by atoms with E-state index in [4.69, 9.17) is 66.3 Å². The molecule has 22 nitrogen and oxygen atoms in total. The van der Waals surface area contributed by atoms with Crippen LogP contribution in [-0.2, 0) is 64.3 Å². The monoisotopic (exact) mass is 1470 g/mol. The minimum Gasteiger partial charge on any atom is -0.490 e. The van der Waals surface area contributed by atoms with E-state index in [2.05, 4.69) is 0 Å². The van der Waals surface area contributed by atoms with Crippen LogP contribution in [-0.4, -0.2) is 105 Å². The molecular formula is C84H106O22. The average Bonchev–Trinajstić information content (AvgIpc) is 0.819. The Morgan fingerprint density at radius 3 is 0.670 bits per heavy atom. The third kappa shape index (κ3) is 30.6. The zero-order valence-corrected chi connectivity index (χ0v) is 65.9. The summed E-state index contributed by atoms with van der Waals surface area (Å²) in [5, 5.41) is 11.2. The minimum absolute atomic E-state index is 0.0166. The smallest absolute Gasteiger partial charge is 0.338 e. The number of carbonyl (C=O) groups is 7. The Hall–Kier alpha value is -9.93. The Labute approximate surface area is 623 Å². The molecule has 0 aliphatic rings. The summed E-state index contributed by atoms with van der Waals surface area (Å²) in [4.78, 5) is 94.5. The molecule has 1 unspecified atom stereocenters. The largest absolute Gasteiger partial charge is 0.490 e. The van der Waals surface area contributed by atoms with Gasteiger partial charge in [0, 0.05) is 5.56 Å². The predicted octanol–water partition coefficient (Wildman–Crippen LogP) is 17.5. The molecule has 0 aliphatic heterocycles. The zero-order chi connectivity index (χ0) is 79.3. The molecule has 0 aromatic heterocycles. The average molecular weight is 1470 g/mol. The lowest BCUT2D eigenvalue weighted by Crippen LogP contribution is -2.25. The summed E-state index contributed by atoms with van der Waals surface area (Å²) in [5.41, 5.74) is -3.74. The van der Waals surface area contributed by atoms with Crippen molar-refractivity contribution in [2.75, 3.05) is 13.2 Å². The van der Waals surface area contributed by atoms with Crippen LogP contribution in [0.5, 0.6) is 34.5 Å². The number of benzene rings is 6. The molecule has 6 aromatic rings. The summed E-state index contributed by atoms with van der Waals surface area (Å²) in [5.74, 6) is -3.33. The van der Waals surface area contributed by atoms with Crippen molar-refractivity contribution < 1.29 is 105 Å². The van der Waals surface area contributed by atoms with E-state index in [-0.39, 0.29) is 107 Å². The predicted molar refractivity (Wildman–Crippen MR) is 398 cm³/mol. The van der Waals surface area contributed by atoms with E-state index in [0.29, 0.717) is 33.8 Å². The lowest BCUT2D eigenvalue weighted by atomic mass is 10.1. The molecule has 0 bridgehead atoms. The van der Waals surface area contributed by atoms with Gasteiger partial charge in [0.25, 0.3) is 0 Å². The number of aliphatic hydroxyl groups is 1.